The normalized spacial score (nSPS) is 10.5. The van der Waals surface area contributed by atoms with Crippen LogP contribution >= 0.6 is 0 Å². The van der Waals surface area contributed by atoms with Crippen LogP contribution in [-0.2, 0) is 0 Å². The average molecular weight is 304 g/mol. The number of hydrogen-bond donors (Lipinski definition) is 2. The second kappa shape index (κ2) is 5.97. The number of aromatic hydroxyl groups is 2. The Morgan fingerprint density at radius 1 is 0.783 bits per heavy atom. The average Bonchev–Trinajstić information content (AvgIpc) is 2.56. The molecule has 0 atom stereocenters. The quantitative estimate of drug-likeness (QED) is 0.709. The van der Waals surface area contributed by atoms with Crippen molar-refractivity contribution in [2.75, 3.05) is 0 Å². The monoisotopic (exact) mass is 304 g/mol. The zero-order chi connectivity index (χ0) is 16.4. The third kappa shape index (κ3) is 3.09. The van der Waals surface area contributed by atoms with Gasteiger partial charge in [0.25, 0.3) is 0 Å². The Morgan fingerprint density at radius 3 is 2.04 bits per heavy atom. The molecule has 0 bridgehead atoms. The molecular weight excluding hydrogens is 288 g/mol. The van der Waals surface area contributed by atoms with Crippen LogP contribution in [0.2, 0.25) is 0 Å². The van der Waals surface area contributed by atoms with Crippen LogP contribution in [0.1, 0.15) is 21.5 Å². The SMILES string of the molecule is Cc1ccc(-c2ccc(O)cc2C(=O)c2ccc(O)cc2)cc1. The summed E-state index contributed by atoms with van der Waals surface area (Å²) in [5.74, 6) is -0.0457. The third-order valence-corrected chi connectivity index (χ3v) is 3.74. The van der Waals surface area contributed by atoms with Gasteiger partial charge in [0.2, 0.25) is 0 Å². The van der Waals surface area contributed by atoms with E-state index in [9.17, 15) is 15.0 Å². The molecule has 3 rings (SSSR count). The molecule has 0 saturated carbocycles. The van der Waals surface area contributed by atoms with E-state index >= 15 is 0 Å². The molecule has 0 aliphatic rings. The molecular formula is C20H16O3. The van der Waals surface area contributed by atoms with Crippen molar-refractivity contribution in [3.63, 3.8) is 0 Å². The van der Waals surface area contributed by atoms with Crippen molar-refractivity contribution in [1.29, 1.82) is 0 Å². The second-order valence-electron chi connectivity index (χ2n) is 5.47. The maximum Gasteiger partial charge on any atom is 0.193 e. The summed E-state index contributed by atoms with van der Waals surface area (Å²) in [6.07, 6.45) is 0. The van der Waals surface area contributed by atoms with Crippen LogP contribution in [0.15, 0.2) is 66.7 Å². The van der Waals surface area contributed by atoms with Gasteiger partial charge in [-0.25, -0.2) is 0 Å². The van der Waals surface area contributed by atoms with E-state index in [-0.39, 0.29) is 17.3 Å². The van der Waals surface area contributed by atoms with E-state index < -0.39 is 0 Å². The molecule has 0 saturated heterocycles. The zero-order valence-electron chi connectivity index (χ0n) is 12.7. The summed E-state index contributed by atoms with van der Waals surface area (Å²) in [7, 11) is 0. The van der Waals surface area contributed by atoms with Gasteiger partial charge in [0.05, 0.1) is 0 Å². The summed E-state index contributed by atoms with van der Waals surface area (Å²) in [5.41, 5.74) is 3.71. The molecule has 0 aliphatic carbocycles. The first kappa shape index (κ1) is 14.9. The van der Waals surface area contributed by atoms with Gasteiger partial charge in [-0.2, -0.15) is 0 Å². The Labute approximate surface area is 134 Å². The van der Waals surface area contributed by atoms with Gasteiger partial charge < -0.3 is 10.2 Å². The van der Waals surface area contributed by atoms with Crippen LogP contribution in [0.4, 0.5) is 0 Å². The van der Waals surface area contributed by atoms with E-state index in [1.54, 1.807) is 24.3 Å². The maximum absolute atomic E-state index is 12.8. The lowest BCUT2D eigenvalue weighted by molar-refractivity contribution is 0.103. The van der Waals surface area contributed by atoms with Gasteiger partial charge >= 0.3 is 0 Å². The Bertz CT molecular complexity index is 847. The highest BCUT2D eigenvalue weighted by Gasteiger charge is 2.16. The minimum atomic E-state index is -0.198. The predicted octanol–water partition coefficient (Wildman–Crippen LogP) is 4.30. The molecule has 0 aliphatic heterocycles. The van der Waals surface area contributed by atoms with Gasteiger partial charge in [-0.3, -0.25) is 4.79 Å². The van der Waals surface area contributed by atoms with Gasteiger partial charge in [-0.1, -0.05) is 29.8 Å². The minimum Gasteiger partial charge on any atom is -0.508 e. The largest absolute Gasteiger partial charge is 0.508 e. The molecule has 0 fully saturated rings. The highest BCUT2D eigenvalue weighted by atomic mass is 16.3. The van der Waals surface area contributed by atoms with Crippen LogP contribution in [0.25, 0.3) is 11.1 Å². The van der Waals surface area contributed by atoms with Gasteiger partial charge in [-0.15, -0.1) is 0 Å². The highest BCUT2D eigenvalue weighted by molar-refractivity contribution is 6.13. The molecule has 0 amide bonds. The number of benzene rings is 3. The fourth-order valence-electron chi connectivity index (χ4n) is 2.47. The molecule has 0 heterocycles. The Balaban J connectivity index is 2.10. The summed E-state index contributed by atoms with van der Waals surface area (Å²) < 4.78 is 0. The van der Waals surface area contributed by atoms with E-state index in [2.05, 4.69) is 0 Å². The second-order valence-corrected chi connectivity index (χ2v) is 5.47. The number of hydrogen-bond acceptors (Lipinski definition) is 3. The number of ketones is 1. The van der Waals surface area contributed by atoms with Crippen LogP contribution < -0.4 is 0 Å². The fourth-order valence-corrected chi connectivity index (χ4v) is 2.47. The van der Waals surface area contributed by atoms with E-state index in [1.807, 2.05) is 31.2 Å². The highest BCUT2D eigenvalue weighted by Crippen LogP contribution is 2.29. The van der Waals surface area contributed by atoms with Gasteiger partial charge in [-0.05, 0) is 60.5 Å². The van der Waals surface area contributed by atoms with Crippen molar-refractivity contribution >= 4 is 5.78 Å². The van der Waals surface area contributed by atoms with Crippen LogP contribution in [0.3, 0.4) is 0 Å². The van der Waals surface area contributed by atoms with E-state index in [0.717, 1.165) is 16.7 Å². The predicted molar refractivity (Wildman–Crippen MR) is 89.8 cm³/mol. The standard InChI is InChI=1S/C20H16O3/c1-13-2-4-14(5-3-13)18-11-10-17(22)12-19(18)20(23)15-6-8-16(21)9-7-15/h2-12,21-22H,1H3. The van der Waals surface area contributed by atoms with Crippen LogP contribution in [-0.4, -0.2) is 16.0 Å². The Kier molecular flexibility index (Phi) is 3.85. The van der Waals surface area contributed by atoms with Crippen LogP contribution in [0.5, 0.6) is 11.5 Å². The number of aryl methyl sites for hydroxylation is 1. The van der Waals surface area contributed by atoms with E-state index in [1.165, 1.54) is 18.2 Å². The van der Waals surface area contributed by atoms with Crippen molar-refractivity contribution in [3.05, 3.63) is 83.4 Å². The first-order valence-electron chi connectivity index (χ1n) is 7.28. The topological polar surface area (TPSA) is 57.5 Å². The third-order valence-electron chi connectivity index (χ3n) is 3.74. The molecule has 0 radical (unpaired) electrons. The summed E-state index contributed by atoms with van der Waals surface area (Å²) in [4.78, 5) is 12.8. The van der Waals surface area contributed by atoms with Gasteiger partial charge in [0.15, 0.2) is 5.78 Å². The smallest absolute Gasteiger partial charge is 0.193 e. The zero-order valence-corrected chi connectivity index (χ0v) is 12.7. The molecule has 2 N–H and O–H groups in total. The fraction of sp³-hybridized carbons (Fsp3) is 0.0500. The molecule has 114 valence electrons. The number of carbonyl (C=O) groups excluding carboxylic acids is 1. The van der Waals surface area contributed by atoms with Crippen molar-refractivity contribution in [3.8, 4) is 22.6 Å². The van der Waals surface area contributed by atoms with Crippen LogP contribution in [0, 0.1) is 6.92 Å². The molecule has 0 spiro atoms. The number of carbonyl (C=O) groups is 1. The van der Waals surface area contributed by atoms with Crippen molar-refractivity contribution in [2.24, 2.45) is 0 Å². The first-order chi connectivity index (χ1) is 11.0. The number of phenols is 2. The summed E-state index contributed by atoms with van der Waals surface area (Å²) in [6, 6.07) is 18.8. The molecule has 3 heteroatoms. The Morgan fingerprint density at radius 2 is 1.39 bits per heavy atom. The molecule has 3 aromatic rings. The van der Waals surface area contributed by atoms with Crippen molar-refractivity contribution in [1.82, 2.24) is 0 Å². The van der Waals surface area contributed by atoms with Crippen molar-refractivity contribution in [2.45, 2.75) is 6.92 Å². The summed E-state index contributed by atoms with van der Waals surface area (Å²) >= 11 is 0. The van der Waals surface area contributed by atoms with Gasteiger partial charge in [0.1, 0.15) is 11.5 Å². The lowest BCUT2D eigenvalue weighted by atomic mass is 9.93. The molecule has 3 nitrogen and oxygen atoms in total. The lowest BCUT2D eigenvalue weighted by Crippen LogP contribution is -2.03. The van der Waals surface area contributed by atoms with E-state index in [0.29, 0.717) is 11.1 Å². The lowest BCUT2D eigenvalue weighted by Gasteiger charge is -2.10. The first-order valence-corrected chi connectivity index (χ1v) is 7.28. The minimum absolute atomic E-state index is 0.0444. The molecule has 3 aromatic carbocycles. The summed E-state index contributed by atoms with van der Waals surface area (Å²) in [6.45, 7) is 2.00. The molecule has 0 aromatic heterocycles. The number of rotatable bonds is 3. The summed E-state index contributed by atoms with van der Waals surface area (Å²) in [5, 5.41) is 19.1. The van der Waals surface area contributed by atoms with E-state index in [4.69, 9.17) is 0 Å². The van der Waals surface area contributed by atoms with Crippen molar-refractivity contribution < 1.29 is 15.0 Å². The maximum atomic E-state index is 12.8. The Hall–Kier alpha value is -3.07. The molecule has 0 unspecified atom stereocenters. The van der Waals surface area contributed by atoms with Gasteiger partial charge in [0, 0.05) is 11.1 Å². The number of phenolic OH excluding ortho intramolecular Hbond substituents is 2. The molecule has 23 heavy (non-hydrogen) atoms.